The minimum atomic E-state index is -4.89. The first-order valence-electron chi connectivity index (χ1n) is 10.4. The van der Waals surface area contributed by atoms with Crippen molar-refractivity contribution in [2.45, 2.75) is 44.0 Å². The number of alkyl halides is 6. The molecule has 0 fully saturated rings. The fourth-order valence-corrected chi connectivity index (χ4v) is 3.61. The summed E-state index contributed by atoms with van der Waals surface area (Å²) in [6.45, 7) is 1.68. The van der Waals surface area contributed by atoms with Gasteiger partial charge in [-0.15, -0.1) is 13.2 Å². The lowest BCUT2D eigenvalue weighted by Crippen LogP contribution is -2.41. The highest BCUT2D eigenvalue weighted by atomic mass is 19.4. The number of halogens is 7. The molecule has 14 heteroatoms. The van der Waals surface area contributed by atoms with Gasteiger partial charge in [0.15, 0.2) is 11.7 Å². The average molecular weight is 519 g/mol. The summed E-state index contributed by atoms with van der Waals surface area (Å²) in [6.07, 6.45) is -9.47. The largest absolute Gasteiger partial charge is 0.523 e. The van der Waals surface area contributed by atoms with Gasteiger partial charge in [-0.2, -0.15) is 23.0 Å². The molecule has 0 saturated heterocycles. The van der Waals surface area contributed by atoms with Crippen LogP contribution in [0.2, 0.25) is 0 Å². The number of hydrogen-bond donors (Lipinski definition) is 1. The zero-order valence-electron chi connectivity index (χ0n) is 18.7. The van der Waals surface area contributed by atoms with Crippen LogP contribution in [0.15, 0.2) is 30.6 Å². The van der Waals surface area contributed by atoms with E-state index in [0.717, 1.165) is 24.5 Å². The standard InChI is InChI=1S/C22H18F7N4O3/c1-20(2,36-22(27,28)29)9-35-16-8-34-15-5-11(23)3-4-12(15)14(16)7-30-18-13-6-17(21(24,25)26)33-19(13)32-10-31-18/h3-6,10,14,16H,8-9H2,1-2H3,(H,31,32,33)/q+1. The van der Waals surface area contributed by atoms with Crippen molar-refractivity contribution in [3.05, 3.63) is 52.5 Å². The summed E-state index contributed by atoms with van der Waals surface area (Å²) in [5.41, 5.74) is -2.54. The van der Waals surface area contributed by atoms with E-state index in [2.05, 4.69) is 30.6 Å². The molecule has 1 aliphatic heterocycles. The molecule has 36 heavy (non-hydrogen) atoms. The number of fused-ring (bicyclic) bond motifs is 2. The molecule has 3 aromatic rings. The quantitative estimate of drug-likeness (QED) is 0.431. The van der Waals surface area contributed by atoms with Crippen LogP contribution in [0.3, 0.4) is 0 Å². The Balaban J connectivity index is 1.68. The molecule has 0 amide bonds. The van der Waals surface area contributed by atoms with Gasteiger partial charge in [-0.25, -0.2) is 4.39 Å². The van der Waals surface area contributed by atoms with Gasteiger partial charge in [0, 0.05) is 11.6 Å². The second-order valence-electron chi connectivity index (χ2n) is 8.51. The maximum absolute atomic E-state index is 13.7. The number of ether oxygens (including phenoxy) is 3. The van der Waals surface area contributed by atoms with Crippen LogP contribution < -0.4 is 4.74 Å². The molecule has 1 aromatic carbocycles. The molecule has 0 saturated carbocycles. The van der Waals surface area contributed by atoms with Crippen molar-refractivity contribution >= 4 is 16.9 Å². The topological polar surface area (TPSA) is 73.6 Å². The van der Waals surface area contributed by atoms with Crippen LogP contribution in [0.1, 0.15) is 31.0 Å². The molecule has 3 heterocycles. The summed E-state index contributed by atoms with van der Waals surface area (Å²) >= 11 is 0. The van der Waals surface area contributed by atoms with Crippen molar-refractivity contribution in [3.63, 3.8) is 0 Å². The van der Waals surface area contributed by atoms with E-state index in [1.54, 1.807) is 0 Å². The Morgan fingerprint density at radius 3 is 2.58 bits per heavy atom. The third-order valence-corrected chi connectivity index (χ3v) is 5.14. The second kappa shape index (κ2) is 9.21. The van der Waals surface area contributed by atoms with Crippen LogP contribution in [-0.4, -0.2) is 46.2 Å². The smallest absolute Gasteiger partial charge is 0.490 e. The summed E-state index contributed by atoms with van der Waals surface area (Å²) in [5, 5.41) is -0.0270. The zero-order valence-corrected chi connectivity index (χ0v) is 18.7. The van der Waals surface area contributed by atoms with Crippen molar-refractivity contribution in [2.75, 3.05) is 13.2 Å². The van der Waals surface area contributed by atoms with Crippen molar-refractivity contribution in [1.29, 1.82) is 0 Å². The Kier molecular flexibility index (Phi) is 6.56. The molecule has 2 atom stereocenters. The van der Waals surface area contributed by atoms with Gasteiger partial charge in [0.1, 0.15) is 41.3 Å². The number of aromatic nitrogens is 3. The zero-order chi connectivity index (χ0) is 26.3. The first kappa shape index (κ1) is 25.6. The van der Waals surface area contributed by atoms with Gasteiger partial charge in [0.05, 0.1) is 12.2 Å². The molecule has 1 aliphatic rings. The molecule has 0 spiro atoms. The van der Waals surface area contributed by atoms with Gasteiger partial charge in [0.25, 0.3) is 0 Å². The molecule has 1 N–H and O–H groups in total. The number of benzene rings is 1. The van der Waals surface area contributed by atoms with E-state index < -0.39 is 48.3 Å². The molecule has 0 aliphatic carbocycles. The highest BCUT2D eigenvalue weighted by Gasteiger charge is 2.40. The molecule has 0 radical (unpaired) electrons. The molecular formula is C22H18F7N4O3+. The minimum absolute atomic E-state index is 0.0270. The van der Waals surface area contributed by atoms with E-state index in [1.165, 1.54) is 19.9 Å². The van der Waals surface area contributed by atoms with E-state index in [9.17, 15) is 30.7 Å². The molecular weight excluding hydrogens is 501 g/mol. The van der Waals surface area contributed by atoms with E-state index in [0.29, 0.717) is 5.56 Å². The van der Waals surface area contributed by atoms with Gasteiger partial charge < -0.3 is 14.5 Å². The predicted octanol–water partition coefficient (Wildman–Crippen LogP) is 5.96. The Bertz CT molecular complexity index is 1330. The lowest BCUT2D eigenvalue weighted by molar-refractivity contribution is -0.367. The van der Waals surface area contributed by atoms with Crippen molar-refractivity contribution in [1.82, 2.24) is 15.0 Å². The Hall–Kier alpha value is -3.44. The number of aromatic amines is 1. The first-order valence-corrected chi connectivity index (χ1v) is 10.4. The highest BCUT2D eigenvalue weighted by molar-refractivity contribution is 5.88. The van der Waals surface area contributed by atoms with Gasteiger partial charge in [0.2, 0.25) is 6.33 Å². The first-order chi connectivity index (χ1) is 16.7. The van der Waals surface area contributed by atoms with Gasteiger partial charge in [-0.3, -0.25) is 4.74 Å². The summed E-state index contributed by atoms with van der Waals surface area (Å²) in [7, 11) is 0. The Morgan fingerprint density at radius 2 is 1.89 bits per heavy atom. The van der Waals surface area contributed by atoms with Crippen LogP contribution in [0.4, 0.5) is 36.6 Å². The molecule has 7 nitrogen and oxygen atoms in total. The van der Waals surface area contributed by atoms with E-state index in [4.69, 9.17) is 9.47 Å². The monoisotopic (exact) mass is 519 g/mol. The second-order valence-corrected chi connectivity index (χ2v) is 8.51. The van der Waals surface area contributed by atoms with E-state index in [-0.39, 0.29) is 29.2 Å². The van der Waals surface area contributed by atoms with Crippen molar-refractivity contribution < 1.29 is 44.9 Å². The maximum Gasteiger partial charge on any atom is 0.523 e. The van der Waals surface area contributed by atoms with Gasteiger partial charge in [-0.1, -0.05) is 6.07 Å². The number of H-pyrrole nitrogens is 1. The van der Waals surface area contributed by atoms with Crippen LogP contribution >= 0.6 is 0 Å². The lowest BCUT2D eigenvalue weighted by Gasteiger charge is -2.32. The summed E-state index contributed by atoms with van der Waals surface area (Å²) in [4.78, 5) is 13.9. The van der Waals surface area contributed by atoms with Crippen LogP contribution in [0, 0.1) is 11.9 Å². The molecule has 2 aromatic heterocycles. The average Bonchev–Trinajstić information content (AvgIpc) is 3.20. The third-order valence-electron chi connectivity index (χ3n) is 5.14. The lowest BCUT2D eigenvalue weighted by atomic mass is 9.92. The molecule has 2 unspecified atom stereocenters. The SMILES string of the molecule is CC(C)(COC1COc2cc(F)ccc2C1C#[N+]c1ncnc2[nH]c(C(F)(F)F)cc12)OC(F)(F)F. The number of nitrogens with one attached hydrogen (secondary N) is 1. The van der Waals surface area contributed by atoms with Gasteiger partial charge >= 0.3 is 18.4 Å². The van der Waals surface area contributed by atoms with E-state index in [1.807, 2.05) is 0 Å². The molecule has 0 bridgehead atoms. The van der Waals surface area contributed by atoms with Crippen molar-refractivity contribution in [3.8, 4) is 11.8 Å². The Labute approximate surface area is 199 Å². The van der Waals surface area contributed by atoms with Crippen molar-refractivity contribution in [2.24, 2.45) is 0 Å². The fourth-order valence-electron chi connectivity index (χ4n) is 3.61. The molecule has 192 valence electrons. The summed E-state index contributed by atoms with van der Waals surface area (Å²) in [5.74, 6) is -1.47. The number of nitrogens with zero attached hydrogens (tertiary/aromatic N) is 3. The normalized spacial score (nSPS) is 18.4. The number of hydrogen-bond acceptors (Lipinski definition) is 5. The van der Waals surface area contributed by atoms with Crippen LogP contribution in [0.5, 0.6) is 5.75 Å². The minimum Gasteiger partial charge on any atom is -0.490 e. The Morgan fingerprint density at radius 1 is 1.14 bits per heavy atom. The van der Waals surface area contributed by atoms with E-state index >= 15 is 0 Å². The fraction of sp³-hybridized carbons (Fsp3) is 0.409. The highest BCUT2D eigenvalue weighted by Crippen LogP contribution is 2.38. The molecule has 4 rings (SSSR count). The van der Waals surface area contributed by atoms with Gasteiger partial charge in [-0.05, 0) is 31.0 Å². The predicted molar refractivity (Wildman–Crippen MR) is 111 cm³/mol. The number of rotatable bonds is 4. The van der Waals surface area contributed by atoms with Crippen LogP contribution in [0.25, 0.3) is 15.9 Å². The van der Waals surface area contributed by atoms with Crippen LogP contribution in [-0.2, 0) is 15.7 Å². The maximum atomic E-state index is 13.7. The summed E-state index contributed by atoms with van der Waals surface area (Å²) < 4.78 is 106. The summed E-state index contributed by atoms with van der Waals surface area (Å²) in [6, 6.07) is 7.16. The third kappa shape index (κ3) is 5.85.